The van der Waals surface area contributed by atoms with E-state index in [1.807, 2.05) is 42.6 Å². The first-order chi connectivity index (χ1) is 13.5. The van der Waals surface area contributed by atoms with E-state index in [0.717, 1.165) is 28.1 Å². The number of anilines is 1. The van der Waals surface area contributed by atoms with E-state index in [4.69, 9.17) is 14.2 Å². The monoisotopic (exact) mass is 398 g/mol. The maximum absolute atomic E-state index is 12.4. The summed E-state index contributed by atoms with van der Waals surface area (Å²) in [5.74, 6) is 2.06. The van der Waals surface area contributed by atoms with Crippen molar-refractivity contribution in [1.29, 1.82) is 0 Å². The number of thiazole rings is 1. The number of nitrogens with one attached hydrogen (secondary N) is 1. The van der Waals surface area contributed by atoms with Crippen molar-refractivity contribution in [2.45, 2.75) is 13.3 Å². The van der Waals surface area contributed by atoms with Gasteiger partial charge in [0, 0.05) is 17.0 Å². The number of hydrogen-bond donors (Lipinski definition) is 1. The van der Waals surface area contributed by atoms with Gasteiger partial charge in [0.25, 0.3) is 0 Å². The van der Waals surface area contributed by atoms with Crippen molar-refractivity contribution in [1.82, 2.24) is 4.98 Å². The summed E-state index contributed by atoms with van der Waals surface area (Å²) in [6.07, 6.45) is 0.269. The predicted octanol–water partition coefficient (Wildman–Crippen LogP) is 4.33. The van der Waals surface area contributed by atoms with E-state index in [2.05, 4.69) is 10.3 Å². The number of nitrogens with zero attached hydrogens (tertiary/aromatic N) is 1. The van der Waals surface area contributed by atoms with Crippen LogP contribution in [-0.4, -0.2) is 32.2 Å². The minimum absolute atomic E-state index is 0.118. The Morgan fingerprint density at radius 2 is 1.82 bits per heavy atom. The Kier molecular flexibility index (Phi) is 6.16. The fraction of sp³-hybridized carbons (Fsp3) is 0.238. The Morgan fingerprint density at radius 3 is 2.50 bits per heavy atom. The summed E-state index contributed by atoms with van der Waals surface area (Å²) in [6, 6.07) is 11.3. The number of methoxy groups -OCH3 is 3. The van der Waals surface area contributed by atoms with Gasteiger partial charge in [-0.2, -0.15) is 0 Å². The lowest BCUT2D eigenvalue weighted by molar-refractivity contribution is -0.115. The molecule has 3 rings (SSSR count). The molecule has 146 valence electrons. The fourth-order valence-corrected chi connectivity index (χ4v) is 3.59. The summed E-state index contributed by atoms with van der Waals surface area (Å²) in [5.41, 5.74) is 3.49. The summed E-state index contributed by atoms with van der Waals surface area (Å²) in [7, 11) is 4.84. The molecule has 1 aromatic heterocycles. The zero-order chi connectivity index (χ0) is 20.1. The summed E-state index contributed by atoms with van der Waals surface area (Å²) in [5, 5.41) is 5.29. The van der Waals surface area contributed by atoms with E-state index in [9.17, 15) is 4.79 Å². The van der Waals surface area contributed by atoms with Crippen LogP contribution in [0.5, 0.6) is 17.2 Å². The number of carbonyl (C=O) groups excluding carboxylic acids is 1. The van der Waals surface area contributed by atoms with E-state index >= 15 is 0 Å². The van der Waals surface area contributed by atoms with Crippen LogP contribution in [0.25, 0.3) is 11.3 Å². The Hall–Kier alpha value is -3.06. The van der Waals surface area contributed by atoms with Gasteiger partial charge < -0.3 is 19.5 Å². The second-order valence-corrected chi connectivity index (χ2v) is 6.99. The molecule has 0 saturated heterocycles. The molecule has 1 N–H and O–H groups in total. The van der Waals surface area contributed by atoms with Crippen LogP contribution in [0.1, 0.15) is 11.1 Å². The van der Waals surface area contributed by atoms with Gasteiger partial charge in [-0.25, -0.2) is 4.98 Å². The standard InChI is InChI=1S/C21H22N2O4S/c1-13-9-14(5-8-18(13)26-3)10-20(24)23-21-22-17(12-28-21)16-7-6-15(25-2)11-19(16)27-4/h5-9,11-12H,10H2,1-4H3,(H,22,23,24). The highest BCUT2D eigenvalue weighted by atomic mass is 32.1. The average Bonchev–Trinajstić information content (AvgIpc) is 3.15. The summed E-state index contributed by atoms with van der Waals surface area (Å²) in [4.78, 5) is 16.9. The molecule has 0 aliphatic heterocycles. The van der Waals surface area contributed by atoms with Gasteiger partial charge in [-0.15, -0.1) is 11.3 Å². The van der Waals surface area contributed by atoms with Crippen molar-refractivity contribution in [3.63, 3.8) is 0 Å². The van der Waals surface area contributed by atoms with Gasteiger partial charge in [-0.05, 0) is 36.2 Å². The third-order valence-corrected chi connectivity index (χ3v) is 5.02. The minimum atomic E-state index is -0.118. The second-order valence-electron chi connectivity index (χ2n) is 6.13. The molecule has 1 heterocycles. The van der Waals surface area contributed by atoms with Crippen LogP contribution in [-0.2, 0) is 11.2 Å². The quantitative estimate of drug-likeness (QED) is 0.642. The third-order valence-electron chi connectivity index (χ3n) is 4.26. The molecule has 0 bridgehead atoms. The lowest BCUT2D eigenvalue weighted by Crippen LogP contribution is -2.14. The van der Waals surface area contributed by atoms with Gasteiger partial charge in [0.2, 0.25) is 5.91 Å². The van der Waals surface area contributed by atoms with E-state index in [0.29, 0.717) is 16.6 Å². The van der Waals surface area contributed by atoms with Crippen molar-refractivity contribution in [3.8, 4) is 28.5 Å². The summed E-state index contributed by atoms with van der Waals surface area (Å²) in [6.45, 7) is 1.95. The first-order valence-electron chi connectivity index (χ1n) is 8.65. The summed E-state index contributed by atoms with van der Waals surface area (Å²) >= 11 is 1.37. The normalized spacial score (nSPS) is 10.4. The molecule has 6 nitrogen and oxygen atoms in total. The van der Waals surface area contributed by atoms with E-state index in [1.54, 1.807) is 27.4 Å². The molecule has 0 spiro atoms. The van der Waals surface area contributed by atoms with Gasteiger partial charge in [-0.3, -0.25) is 4.79 Å². The predicted molar refractivity (Wildman–Crippen MR) is 111 cm³/mol. The van der Waals surface area contributed by atoms with Crippen molar-refractivity contribution in [2.75, 3.05) is 26.6 Å². The van der Waals surface area contributed by atoms with E-state index in [-0.39, 0.29) is 12.3 Å². The Labute approximate surface area is 168 Å². The number of amides is 1. The topological polar surface area (TPSA) is 69.7 Å². The van der Waals surface area contributed by atoms with Crippen LogP contribution in [0.2, 0.25) is 0 Å². The fourth-order valence-electron chi connectivity index (χ4n) is 2.86. The van der Waals surface area contributed by atoms with E-state index < -0.39 is 0 Å². The van der Waals surface area contributed by atoms with Crippen molar-refractivity contribution < 1.29 is 19.0 Å². The Balaban J connectivity index is 1.71. The molecule has 0 saturated carbocycles. The number of ether oxygens (including phenoxy) is 3. The number of aromatic nitrogens is 1. The number of benzene rings is 2. The molecule has 0 radical (unpaired) electrons. The lowest BCUT2D eigenvalue weighted by atomic mass is 10.1. The largest absolute Gasteiger partial charge is 0.497 e. The highest BCUT2D eigenvalue weighted by Gasteiger charge is 2.13. The van der Waals surface area contributed by atoms with Gasteiger partial charge in [0.1, 0.15) is 17.2 Å². The third kappa shape index (κ3) is 4.43. The molecule has 0 aliphatic carbocycles. The molecule has 0 atom stereocenters. The number of rotatable bonds is 7. The van der Waals surface area contributed by atoms with Crippen molar-refractivity contribution >= 4 is 22.4 Å². The molecule has 7 heteroatoms. The smallest absolute Gasteiger partial charge is 0.230 e. The number of aryl methyl sites for hydroxylation is 1. The molecule has 1 amide bonds. The van der Waals surface area contributed by atoms with Crippen LogP contribution in [0, 0.1) is 6.92 Å². The Bertz CT molecular complexity index is 984. The molecule has 0 unspecified atom stereocenters. The average molecular weight is 398 g/mol. The Morgan fingerprint density at radius 1 is 1.04 bits per heavy atom. The van der Waals surface area contributed by atoms with Crippen molar-refractivity contribution in [2.24, 2.45) is 0 Å². The molecular formula is C21H22N2O4S. The maximum Gasteiger partial charge on any atom is 0.230 e. The van der Waals surface area contributed by atoms with Crippen LogP contribution in [0.4, 0.5) is 5.13 Å². The van der Waals surface area contributed by atoms with Gasteiger partial charge in [0.15, 0.2) is 5.13 Å². The molecule has 2 aromatic carbocycles. The first kappa shape index (κ1) is 19.7. The SMILES string of the molecule is COc1ccc(-c2csc(NC(=O)Cc3ccc(OC)c(C)c3)n2)c(OC)c1. The number of hydrogen-bond acceptors (Lipinski definition) is 6. The maximum atomic E-state index is 12.4. The molecule has 3 aromatic rings. The zero-order valence-corrected chi connectivity index (χ0v) is 17.1. The lowest BCUT2D eigenvalue weighted by Gasteiger charge is -2.08. The minimum Gasteiger partial charge on any atom is -0.497 e. The highest BCUT2D eigenvalue weighted by molar-refractivity contribution is 7.14. The first-order valence-corrected chi connectivity index (χ1v) is 9.53. The molecular weight excluding hydrogens is 376 g/mol. The second kappa shape index (κ2) is 8.75. The molecule has 0 aliphatic rings. The molecule has 28 heavy (non-hydrogen) atoms. The van der Waals surface area contributed by atoms with E-state index in [1.165, 1.54) is 11.3 Å². The summed E-state index contributed by atoms with van der Waals surface area (Å²) < 4.78 is 15.9. The van der Waals surface area contributed by atoms with Gasteiger partial charge in [0.05, 0.1) is 33.4 Å². The van der Waals surface area contributed by atoms with Crippen LogP contribution in [0.15, 0.2) is 41.8 Å². The van der Waals surface area contributed by atoms with Crippen LogP contribution in [0.3, 0.4) is 0 Å². The van der Waals surface area contributed by atoms with Crippen LogP contribution < -0.4 is 19.5 Å². The molecule has 0 fully saturated rings. The highest BCUT2D eigenvalue weighted by Crippen LogP contribution is 2.34. The van der Waals surface area contributed by atoms with Crippen LogP contribution >= 0.6 is 11.3 Å². The van der Waals surface area contributed by atoms with Gasteiger partial charge >= 0.3 is 0 Å². The zero-order valence-electron chi connectivity index (χ0n) is 16.2. The van der Waals surface area contributed by atoms with Gasteiger partial charge in [-0.1, -0.05) is 12.1 Å². The number of carbonyl (C=O) groups is 1. The van der Waals surface area contributed by atoms with Crippen molar-refractivity contribution in [3.05, 3.63) is 52.9 Å².